The molecule has 2 aromatic rings. The minimum Gasteiger partial charge on any atom is -0.494 e. The first-order chi connectivity index (χ1) is 9.74. The highest BCUT2D eigenvalue weighted by atomic mass is 35.5. The standard InChI is InChI=1S/C16H18ClNO2/c1-2-19-12-6-5-7-13(10-12)20-16(11-18)14-8-3-4-9-15(14)17/h3-10,16H,2,11,18H2,1H3. The molecule has 4 heteroatoms. The third kappa shape index (κ3) is 3.65. The van der Waals surface area contributed by atoms with Gasteiger partial charge < -0.3 is 15.2 Å². The average Bonchev–Trinajstić information content (AvgIpc) is 2.46. The quantitative estimate of drug-likeness (QED) is 0.880. The Morgan fingerprint density at radius 2 is 1.85 bits per heavy atom. The Labute approximate surface area is 124 Å². The zero-order chi connectivity index (χ0) is 14.4. The van der Waals surface area contributed by atoms with Crippen molar-refractivity contribution < 1.29 is 9.47 Å². The fourth-order valence-corrected chi connectivity index (χ4v) is 2.20. The lowest BCUT2D eigenvalue weighted by molar-refractivity contribution is 0.213. The van der Waals surface area contributed by atoms with Crippen LogP contribution < -0.4 is 15.2 Å². The van der Waals surface area contributed by atoms with E-state index in [-0.39, 0.29) is 6.10 Å². The number of nitrogens with two attached hydrogens (primary N) is 1. The molecule has 0 aromatic heterocycles. The highest BCUT2D eigenvalue weighted by molar-refractivity contribution is 6.31. The van der Waals surface area contributed by atoms with Crippen LogP contribution in [0.25, 0.3) is 0 Å². The van der Waals surface area contributed by atoms with Gasteiger partial charge in [-0.1, -0.05) is 35.9 Å². The smallest absolute Gasteiger partial charge is 0.137 e. The predicted octanol–water partition coefficient (Wildman–Crippen LogP) is 3.82. The summed E-state index contributed by atoms with van der Waals surface area (Å²) in [6, 6.07) is 15.1. The van der Waals surface area contributed by atoms with Crippen molar-refractivity contribution in [3.05, 3.63) is 59.1 Å². The Morgan fingerprint density at radius 3 is 2.55 bits per heavy atom. The molecule has 1 atom stereocenters. The van der Waals surface area contributed by atoms with Gasteiger partial charge in [-0.15, -0.1) is 0 Å². The summed E-state index contributed by atoms with van der Waals surface area (Å²) in [5, 5.41) is 0.656. The molecule has 0 saturated carbocycles. The number of ether oxygens (including phenoxy) is 2. The molecular formula is C16H18ClNO2. The third-order valence-corrected chi connectivity index (χ3v) is 3.21. The summed E-state index contributed by atoms with van der Waals surface area (Å²) in [4.78, 5) is 0. The lowest BCUT2D eigenvalue weighted by atomic mass is 10.1. The average molecular weight is 292 g/mol. The van der Waals surface area contributed by atoms with Crippen molar-refractivity contribution in [2.75, 3.05) is 13.2 Å². The van der Waals surface area contributed by atoms with Crippen LogP contribution in [0.15, 0.2) is 48.5 Å². The van der Waals surface area contributed by atoms with E-state index in [4.69, 9.17) is 26.8 Å². The maximum Gasteiger partial charge on any atom is 0.137 e. The second kappa shape index (κ2) is 7.17. The van der Waals surface area contributed by atoms with E-state index >= 15 is 0 Å². The first kappa shape index (κ1) is 14.7. The van der Waals surface area contributed by atoms with Gasteiger partial charge in [0.15, 0.2) is 0 Å². The number of benzene rings is 2. The van der Waals surface area contributed by atoms with E-state index < -0.39 is 0 Å². The molecule has 0 aliphatic heterocycles. The van der Waals surface area contributed by atoms with E-state index in [2.05, 4.69) is 0 Å². The molecule has 0 spiro atoms. The van der Waals surface area contributed by atoms with Crippen LogP contribution >= 0.6 is 11.6 Å². The summed E-state index contributed by atoms with van der Waals surface area (Å²) in [5.41, 5.74) is 6.69. The highest BCUT2D eigenvalue weighted by Crippen LogP contribution is 2.28. The summed E-state index contributed by atoms with van der Waals surface area (Å²) in [6.07, 6.45) is -0.277. The number of halogens is 1. The van der Waals surface area contributed by atoms with Gasteiger partial charge in [0.1, 0.15) is 17.6 Å². The summed E-state index contributed by atoms with van der Waals surface area (Å²) in [7, 11) is 0. The van der Waals surface area contributed by atoms with Gasteiger partial charge in [-0.3, -0.25) is 0 Å². The second-order valence-corrected chi connectivity index (χ2v) is 4.68. The first-order valence-corrected chi connectivity index (χ1v) is 6.96. The molecule has 0 aliphatic rings. The van der Waals surface area contributed by atoms with Crippen LogP contribution in [-0.4, -0.2) is 13.2 Å². The monoisotopic (exact) mass is 291 g/mol. The minimum atomic E-state index is -0.277. The Morgan fingerprint density at radius 1 is 1.10 bits per heavy atom. The van der Waals surface area contributed by atoms with Crippen LogP contribution in [0.2, 0.25) is 5.02 Å². The summed E-state index contributed by atoms with van der Waals surface area (Å²) >= 11 is 6.18. The molecule has 106 valence electrons. The molecule has 0 bridgehead atoms. The SMILES string of the molecule is CCOc1cccc(OC(CN)c2ccccc2Cl)c1. The number of hydrogen-bond acceptors (Lipinski definition) is 3. The molecule has 2 aromatic carbocycles. The van der Waals surface area contributed by atoms with Gasteiger partial charge in [0, 0.05) is 23.2 Å². The van der Waals surface area contributed by atoms with E-state index in [1.54, 1.807) is 0 Å². The van der Waals surface area contributed by atoms with Crippen molar-refractivity contribution >= 4 is 11.6 Å². The Kier molecular flexibility index (Phi) is 5.27. The van der Waals surface area contributed by atoms with Crippen molar-refractivity contribution in [1.82, 2.24) is 0 Å². The summed E-state index contributed by atoms with van der Waals surface area (Å²) in [6.45, 7) is 2.91. The predicted molar refractivity (Wildman–Crippen MR) is 81.5 cm³/mol. The van der Waals surface area contributed by atoms with Crippen LogP contribution in [0.5, 0.6) is 11.5 Å². The molecule has 20 heavy (non-hydrogen) atoms. The van der Waals surface area contributed by atoms with Crippen LogP contribution in [0.3, 0.4) is 0 Å². The molecule has 0 aliphatic carbocycles. The van der Waals surface area contributed by atoms with Gasteiger partial charge in [-0.25, -0.2) is 0 Å². The molecule has 0 radical (unpaired) electrons. The van der Waals surface area contributed by atoms with Gasteiger partial charge in [-0.2, -0.15) is 0 Å². The van der Waals surface area contributed by atoms with Crippen LogP contribution in [0.1, 0.15) is 18.6 Å². The fourth-order valence-electron chi connectivity index (χ4n) is 1.94. The molecule has 0 heterocycles. The van der Waals surface area contributed by atoms with E-state index in [0.29, 0.717) is 23.9 Å². The lowest BCUT2D eigenvalue weighted by Gasteiger charge is -2.19. The van der Waals surface area contributed by atoms with Crippen LogP contribution in [0.4, 0.5) is 0 Å². The second-order valence-electron chi connectivity index (χ2n) is 4.27. The normalized spacial score (nSPS) is 11.9. The maximum absolute atomic E-state index is 6.18. The van der Waals surface area contributed by atoms with Crippen molar-refractivity contribution in [1.29, 1.82) is 0 Å². The Bertz CT molecular complexity index is 560. The van der Waals surface area contributed by atoms with Crippen LogP contribution in [-0.2, 0) is 0 Å². The van der Waals surface area contributed by atoms with E-state index in [1.165, 1.54) is 0 Å². The minimum absolute atomic E-state index is 0.277. The first-order valence-electron chi connectivity index (χ1n) is 6.58. The van der Waals surface area contributed by atoms with E-state index in [0.717, 1.165) is 11.3 Å². The van der Waals surface area contributed by atoms with E-state index in [1.807, 2.05) is 55.5 Å². The van der Waals surface area contributed by atoms with Gasteiger partial charge in [0.2, 0.25) is 0 Å². The zero-order valence-electron chi connectivity index (χ0n) is 11.4. The number of rotatable bonds is 6. The summed E-state index contributed by atoms with van der Waals surface area (Å²) in [5.74, 6) is 1.49. The largest absolute Gasteiger partial charge is 0.494 e. The number of hydrogen-bond donors (Lipinski definition) is 1. The molecule has 0 saturated heterocycles. The molecule has 0 fully saturated rings. The van der Waals surface area contributed by atoms with E-state index in [9.17, 15) is 0 Å². The Balaban J connectivity index is 2.18. The third-order valence-electron chi connectivity index (χ3n) is 2.86. The van der Waals surface area contributed by atoms with Gasteiger partial charge in [0.25, 0.3) is 0 Å². The molecule has 2 N–H and O–H groups in total. The molecule has 0 amide bonds. The Hall–Kier alpha value is -1.71. The van der Waals surface area contributed by atoms with Crippen LogP contribution in [0, 0.1) is 0 Å². The zero-order valence-corrected chi connectivity index (χ0v) is 12.1. The van der Waals surface area contributed by atoms with Crippen molar-refractivity contribution in [2.45, 2.75) is 13.0 Å². The van der Waals surface area contributed by atoms with Crippen molar-refractivity contribution in [3.8, 4) is 11.5 Å². The molecule has 1 unspecified atom stereocenters. The van der Waals surface area contributed by atoms with Crippen molar-refractivity contribution in [2.24, 2.45) is 5.73 Å². The highest BCUT2D eigenvalue weighted by Gasteiger charge is 2.14. The van der Waals surface area contributed by atoms with Crippen molar-refractivity contribution in [3.63, 3.8) is 0 Å². The van der Waals surface area contributed by atoms with Gasteiger partial charge in [-0.05, 0) is 25.1 Å². The molecular weight excluding hydrogens is 274 g/mol. The fraction of sp³-hybridized carbons (Fsp3) is 0.250. The maximum atomic E-state index is 6.18. The van der Waals surface area contributed by atoms with Gasteiger partial charge in [0.05, 0.1) is 6.61 Å². The van der Waals surface area contributed by atoms with Gasteiger partial charge >= 0.3 is 0 Å². The molecule has 2 rings (SSSR count). The molecule has 3 nitrogen and oxygen atoms in total. The summed E-state index contributed by atoms with van der Waals surface area (Å²) < 4.78 is 11.4. The topological polar surface area (TPSA) is 44.5 Å². The lowest BCUT2D eigenvalue weighted by Crippen LogP contribution is -2.18.